The zero-order valence-corrected chi connectivity index (χ0v) is 16.4. The van der Waals surface area contributed by atoms with E-state index in [0.29, 0.717) is 22.7 Å². The van der Waals surface area contributed by atoms with Crippen LogP contribution in [-0.4, -0.2) is 35.3 Å². The highest BCUT2D eigenvalue weighted by molar-refractivity contribution is 6.02. The fourth-order valence-electron chi connectivity index (χ4n) is 2.75. The molecule has 0 aliphatic heterocycles. The number of H-pyrrole nitrogens is 1. The number of ether oxygens (including phenoxy) is 1. The van der Waals surface area contributed by atoms with Gasteiger partial charge in [0.25, 0.3) is 5.91 Å². The molecule has 0 spiro atoms. The lowest BCUT2D eigenvalue weighted by molar-refractivity contribution is 0.0943. The van der Waals surface area contributed by atoms with Crippen LogP contribution in [0.2, 0.25) is 0 Å². The molecule has 3 aromatic rings. The van der Waals surface area contributed by atoms with Crippen LogP contribution in [0.25, 0.3) is 11.1 Å². The van der Waals surface area contributed by atoms with Crippen molar-refractivity contribution in [2.45, 2.75) is 19.9 Å². The van der Waals surface area contributed by atoms with E-state index in [1.54, 1.807) is 42.7 Å². The first kappa shape index (κ1) is 19.9. The molecule has 0 aliphatic rings. The molecule has 4 N–H and O–H groups in total. The second-order valence-corrected chi connectivity index (χ2v) is 6.69. The Labute approximate surface area is 168 Å². The number of aromatic nitrogens is 2. The van der Waals surface area contributed by atoms with Crippen molar-refractivity contribution in [2.24, 2.45) is 0 Å². The Kier molecular flexibility index (Phi) is 6.13. The molecule has 1 heterocycles. The van der Waals surface area contributed by atoms with Gasteiger partial charge in [-0.05, 0) is 49.7 Å². The average Bonchev–Trinajstić information content (AvgIpc) is 3.22. The van der Waals surface area contributed by atoms with Crippen molar-refractivity contribution in [3.63, 3.8) is 0 Å². The highest BCUT2D eigenvalue weighted by Crippen LogP contribution is 2.30. The van der Waals surface area contributed by atoms with E-state index in [1.165, 1.54) is 7.11 Å². The van der Waals surface area contributed by atoms with Crippen molar-refractivity contribution in [3.8, 4) is 16.9 Å². The molecule has 0 fully saturated rings. The third-order valence-electron chi connectivity index (χ3n) is 4.08. The monoisotopic (exact) mass is 393 g/mol. The molecule has 0 aliphatic carbocycles. The molecule has 0 unspecified atom stereocenters. The zero-order chi connectivity index (χ0) is 20.8. The number of urea groups is 1. The number of carbonyl (C=O) groups excluding carboxylic acids is 2. The van der Waals surface area contributed by atoms with Crippen LogP contribution in [0.5, 0.6) is 5.75 Å². The van der Waals surface area contributed by atoms with E-state index in [0.717, 1.165) is 11.1 Å². The van der Waals surface area contributed by atoms with Crippen molar-refractivity contribution < 1.29 is 14.3 Å². The topological polar surface area (TPSA) is 108 Å². The van der Waals surface area contributed by atoms with Gasteiger partial charge in [0.05, 0.1) is 19.0 Å². The second kappa shape index (κ2) is 8.92. The Hall–Kier alpha value is -3.81. The number of carbonyl (C=O) groups is 2. The predicted octanol–water partition coefficient (Wildman–Crippen LogP) is 3.87. The number of anilines is 2. The van der Waals surface area contributed by atoms with Crippen LogP contribution in [0.15, 0.2) is 54.9 Å². The average molecular weight is 393 g/mol. The van der Waals surface area contributed by atoms with Gasteiger partial charge in [-0.25, -0.2) is 4.79 Å². The lowest BCUT2D eigenvalue weighted by Crippen LogP contribution is -2.30. The van der Waals surface area contributed by atoms with Crippen LogP contribution in [0.4, 0.5) is 16.2 Å². The Morgan fingerprint density at radius 1 is 1.07 bits per heavy atom. The maximum absolute atomic E-state index is 12.4. The molecule has 0 atom stereocenters. The Morgan fingerprint density at radius 2 is 1.90 bits per heavy atom. The van der Waals surface area contributed by atoms with Gasteiger partial charge in [-0.3, -0.25) is 9.89 Å². The maximum atomic E-state index is 12.4. The number of rotatable bonds is 6. The van der Waals surface area contributed by atoms with Crippen LogP contribution in [0.1, 0.15) is 24.2 Å². The fraction of sp³-hybridized carbons (Fsp3) is 0.190. The molecule has 8 nitrogen and oxygen atoms in total. The molecule has 1 aromatic heterocycles. The number of nitrogens with zero attached hydrogens (tertiary/aromatic N) is 1. The third kappa shape index (κ3) is 5.13. The Morgan fingerprint density at radius 3 is 2.59 bits per heavy atom. The SMILES string of the molecule is COc1cc(-c2cn[nH]c2)ccc1NC(=O)Nc1cccc(C(=O)NC(C)C)c1. The summed E-state index contributed by atoms with van der Waals surface area (Å²) in [6.45, 7) is 3.78. The Bertz CT molecular complexity index is 999. The first-order chi connectivity index (χ1) is 14.0. The zero-order valence-electron chi connectivity index (χ0n) is 16.4. The van der Waals surface area contributed by atoms with Crippen LogP contribution in [0.3, 0.4) is 0 Å². The molecule has 3 rings (SSSR count). The largest absolute Gasteiger partial charge is 0.495 e. The molecular formula is C21H23N5O3. The third-order valence-corrected chi connectivity index (χ3v) is 4.08. The standard InChI is InChI=1S/C21H23N5O3/c1-13(2)24-20(27)15-5-4-6-17(9-15)25-21(28)26-18-8-7-14(10-19(18)29-3)16-11-22-23-12-16/h4-13H,1-3H3,(H,22,23)(H,24,27)(H2,25,26,28). The highest BCUT2D eigenvalue weighted by Gasteiger charge is 2.12. The molecule has 0 saturated carbocycles. The summed E-state index contributed by atoms with van der Waals surface area (Å²) in [5.41, 5.74) is 3.32. The molecule has 0 radical (unpaired) electrons. The number of nitrogens with one attached hydrogen (secondary N) is 4. The van der Waals surface area contributed by atoms with E-state index in [9.17, 15) is 9.59 Å². The number of hydrogen-bond acceptors (Lipinski definition) is 4. The van der Waals surface area contributed by atoms with E-state index < -0.39 is 6.03 Å². The van der Waals surface area contributed by atoms with Crippen molar-refractivity contribution >= 4 is 23.3 Å². The molecular weight excluding hydrogens is 370 g/mol. The van der Waals surface area contributed by atoms with Crippen LogP contribution < -0.4 is 20.7 Å². The van der Waals surface area contributed by atoms with E-state index in [1.807, 2.05) is 26.0 Å². The molecule has 150 valence electrons. The summed E-state index contributed by atoms with van der Waals surface area (Å²) in [4.78, 5) is 24.6. The molecule has 0 bridgehead atoms. The number of benzene rings is 2. The summed E-state index contributed by atoms with van der Waals surface area (Å²) < 4.78 is 5.40. The van der Waals surface area contributed by atoms with Crippen LogP contribution in [0, 0.1) is 0 Å². The minimum absolute atomic E-state index is 0.0277. The van der Waals surface area contributed by atoms with Gasteiger partial charge in [0.1, 0.15) is 5.75 Å². The molecule has 3 amide bonds. The minimum atomic E-state index is -0.444. The lowest BCUT2D eigenvalue weighted by Gasteiger charge is -2.13. The van der Waals surface area contributed by atoms with Gasteiger partial charge < -0.3 is 20.7 Å². The second-order valence-electron chi connectivity index (χ2n) is 6.69. The van der Waals surface area contributed by atoms with Gasteiger partial charge in [-0.2, -0.15) is 5.10 Å². The molecule has 0 saturated heterocycles. The number of aromatic amines is 1. The van der Waals surface area contributed by atoms with Crippen molar-refractivity contribution in [1.82, 2.24) is 15.5 Å². The van der Waals surface area contributed by atoms with E-state index in [2.05, 4.69) is 26.1 Å². The summed E-state index contributed by atoms with van der Waals surface area (Å²) in [6, 6.07) is 11.8. The van der Waals surface area contributed by atoms with Gasteiger partial charge in [-0.15, -0.1) is 0 Å². The van der Waals surface area contributed by atoms with Crippen LogP contribution in [-0.2, 0) is 0 Å². The predicted molar refractivity (Wildman–Crippen MR) is 112 cm³/mol. The van der Waals surface area contributed by atoms with Crippen molar-refractivity contribution in [3.05, 3.63) is 60.4 Å². The first-order valence-corrected chi connectivity index (χ1v) is 9.12. The molecule has 8 heteroatoms. The van der Waals surface area contributed by atoms with Gasteiger partial charge in [0.2, 0.25) is 0 Å². The fourth-order valence-corrected chi connectivity index (χ4v) is 2.75. The highest BCUT2D eigenvalue weighted by atomic mass is 16.5. The number of methoxy groups -OCH3 is 1. The first-order valence-electron chi connectivity index (χ1n) is 9.12. The number of amides is 3. The minimum Gasteiger partial charge on any atom is -0.495 e. The molecule has 2 aromatic carbocycles. The Balaban J connectivity index is 1.70. The molecule has 29 heavy (non-hydrogen) atoms. The van der Waals surface area contributed by atoms with Crippen molar-refractivity contribution in [1.29, 1.82) is 0 Å². The summed E-state index contributed by atoms with van der Waals surface area (Å²) >= 11 is 0. The summed E-state index contributed by atoms with van der Waals surface area (Å²) in [5.74, 6) is 0.324. The maximum Gasteiger partial charge on any atom is 0.323 e. The van der Waals surface area contributed by atoms with E-state index in [4.69, 9.17) is 4.74 Å². The van der Waals surface area contributed by atoms with Gasteiger partial charge in [0, 0.05) is 29.1 Å². The van der Waals surface area contributed by atoms with Gasteiger partial charge >= 0.3 is 6.03 Å². The normalized spacial score (nSPS) is 10.5. The van der Waals surface area contributed by atoms with E-state index in [-0.39, 0.29) is 11.9 Å². The summed E-state index contributed by atoms with van der Waals surface area (Å²) in [7, 11) is 1.54. The lowest BCUT2D eigenvalue weighted by atomic mass is 10.1. The van der Waals surface area contributed by atoms with Crippen molar-refractivity contribution in [2.75, 3.05) is 17.7 Å². The smallest absolute Gasteiger partial charge is 0.323 e. The van der Waals surface area contributed by atoms with Gasteiger partial charge in [-0.1, -0.05) is 12.1 Å². The summed E-state index contributed by atoms with van der Waals surface area (Å²) in [6.07, 6.45) is 3.48. The van der Waals surface area contributed by atoms with E-state index >= 15 is 0 Å². The van der Waals surface area contributed by atoms with Crippen LogP contribution >= 0.6 is 0 Å². The quantitative estimate of drug-likeness (QED) is 0.510. The van der Waals surface area contributed by atoms with Gasteiger partial charge in [0.15, 0.2) is 0 Å². The number of hydrogen-bond donors (Lipinski definition) is 4. The summed E-state index contributed by atoms with van der Waals surface area (Å²) in [5, 5.41) is 15.0.